The summed E-state index contributed by atoms with van der Waals surface area (Å²) in [6, 6.07) is 14.0. The highest BCUT2D eigenvalue weighted by molar-refractivity contribution is 6.12. The fourth-order valence-corrected chi connectivity index (χ4v) is 5.96. The van der Waals surface area contributed by atoms with Crippen LogP contribution in [0.15, 0.2) is 53.7 Å². The van der Waals surface area contributed by atoms with Crippen LogP contribution in [-0.2, 0) is 4.74 Å². The van der Waals surface area contributed by atoms with Crippen LogP contribution in [0.2, 0.25) is 0 Å². The number of benzene rings is 1. The normalized spacial score (nSPS) is 24.8. The molecular formula is C30H33N3O2. The van der Waals surface area contributed by atoms with E-state index in [-0.39, 0.29) is 12.1 Å². The third-order valence-electron chi connectivity index (χ3n) is 7.41. The van der Waals surface area contributed by atoms with Crippen LogP contribution in [-0.4, -0.2) is 27.8 Å². The molecule has 2 aromatic heterocycles. The van der Waals surface area contributed by atoms with Gasteiger partial charge in [-0.05, 0) is 68.2 Å². The summed E-state index contributed by atoms with van der Waals surface area (Å²) >= 11 is 0. The van der Waals surface area contributed by atoms with Crippen LogP contribution < -0.4 is 0 Å². The summed E-state index contributed by atoms with van der Waals surface area (Å²) in [7, 11) is 0. The van der Waals surface area contributed by atoms with Crippen molar-refractivity contribution in [2.24, 2.45) is 22.7 Å². The number of hydrogen-bond acceptors (Lipinski definition) is 4. The minimum atomic E-state index is -0.259. The summed E-state index contributed by atoms with van der Waals surface area (Å²) in [6.45, 7) is 10.6. The number of hydrogen-bond donors (Lipinski definition) is 1. The highest BCUT2D eigenvalue weighted by Crippen LogP contribution is 2.38. The molecule has 2 atom stereocenters. The van der Waals surface area contributed by atoms with E-state index in [9.17, 15) is 4.79 Å². The van der Waals surface area contributed by atoms with Gasteiger partial charge in [-0.3, -0.25) is 9.98 Å². The number of fused-ring (bicyclic) bond motifs is 1. The zero-order valence-electron chi connectivity index (χ0n) is 21.1. The van der Waals surface area contributed by atoms with Gasteiger partial charge < -0.3 is 9.72 Å². The van der Waals surface area contributed by atoms with Gasteiger partial charge in [0.1, 0.15) is 6.10 Å². The van der Waals surface area contributed by atoms with Crippen LogP contribution in [0.5, 0.6) is 0 Å². The van der Waals surface area contributed by atoms with Crippen molar-refractivity contribution >= 4 is 23.5 Å². The Balaban J connectivity index is 1.58. The maximum Gasteiger partial charge on any atom is 0.340 e. The molecule has 5 nitrogen and oxygen atoms in total. The van der Waals surface area contributed by atoms with E-state index in [0.717, 1.165) is 58.0 Å². The van der Waals surface area contributed by atoms with Crippen LogP contribution in [0.3, 0.4) is 0 Å². The van der Waals surface area contributed by atoms with Gasteiger partial charge in [0.15, 0.2) is 0 Å². The Hall–Kier alpha value is -3.47. The Morgan fingerprint density at radius 2 is 1.74 bits per heavy atom. The lowest BCUT2D eigenvalue weighted by Crippen LogP contribution is -2.37. The molecule has 5 heteroatoms. The van der Waals surface area contributed by atoms with E-state index in [0.29, 0.717) is 23.3 Å². The predicted octanol–water partition coefficient (Wildman–Crippen LogP) is 6.93. The Bertz CT molecular complexity index is 1310. The highest BCUT2D eigenvalue weighted by atomic mass is 16.5. The molecule has 2 unspecified atom stereocenters. The number of aromatic nitrogens is 2. The Kier molecular flexibility index (Phi) is 6.18. The second kappa shape index (κ2) is 9.29. The number of rotatable bonds is 4. The van der Waals surface area contributed by atoms with Crippen molar-refractivity contribution in [3.05, 3.63) is 76.9 Å². The first-order chi connectivity index (χ1) is 16.8. The standard InChI is InChI=1S/C30H33N3O2/c1-17-14-18(2)29(19(3)15-17)35-30(34)26-21(5)33-24(27(26)22-10-7-6-8-11-22)16-25-28-23(20(4)32-25)12-9-13-31-28/h6-13,16-19,29,33H,14-15H2,1-5H3. The molecule has 3 aromatic rings. The van der Waals surface area contributed by atoms with Crippen LogP contribution in [0.1, 0.15) is 73.5 Å². The number of pyridine rings is 1. The number of carbonyl (C=O) groups is 1. The average molecular weight is 468 g/mol. The quantitative estimate of drug-likeness (QED) is 0.423. The molecule has 1 fully saturated rings. The maximum atomic E-state index is 13.7. The van der Waals surface area contributed by atoms with Gasteiger partial charge in [-0.25, -0.2) is 4.79 Å². The molecule has 2 aliphatic rings. The van der Waals surface area contributed by atoms with Crippen LogP contribution in [0.25, 0.3) is 22.9 Å². The van der Waals surface area contributed by atoms with Crippen molar-refractivity contribution < 1.29 is 9.53 Å². The summed E-state index contributed by atoms with van der Waals surface area (Å²) < 4.78 is 6.23. The minimum Gasteiger partial charge on any atom is -0.458 e. The number of carbonyl (C=O) groups excluding carboxylic acids is 1. The van der Waals surface area contributed by atoms with E-state index < -0.39 is 0 Å². The molecular weight excluding hydrogens is 434 g/mol. The van der Waals surface area contributed by atoms with Crippen molar-refractivity contribution in [1.29, 1.82) is 0 Å². The van der Waals surface area contributed by atoms with Crippen LogP contribution in [0.4, 0.5) is 0 Å². The lowest BCUT2D eigenvalue weighted by molar-refractivity contribution is -0.0252. The number of nitrogens with one attached hydrogen (secondary N) is 1. The molecule has 1 aliphatic carbocycles. The molecule has 0 amide bonds. The summed E-state index contributed by atoms with van der Waals surface area (Å²) in [6.07, 6.45) is 5.88. The Morgan fingerprint density at radius 3 is 2.46 bits per heavy atom. The first-order valence-corrected chi connectivity index (χ1v) is 12.5. The van der Waals surface area contributed by atoms with Gasteiger partial charge in [0.2, 0.25) is 0 Å². The molecule has 0 bridgehead atoms. The largest absolute Gasteiger partial charge is 0.458 e. The number of aromatic amines is 1. The van der Waals surface area contributed by atoms with Crippen molar-refractivity contribution in [1.82, 2.24) is 9.97 Å². The third kappa shape index (κ3) is 4.36. The second-order valence-corrected chi connectivity index (χ2v) is 10.3. The van der Waals surface area contributed by atoms with Gasteiger partial charge >= 0.3 is 5.97 Å². The maximum absolute atomic E-state index is 13.7. The molecule has 0 spiro atoms. The Labute approximate surface area is 207 Å². The fourth-order valence-electron chi connectivity index (χ4n) is 5.96. The van der Waals surface area contributed by atoms with Crippen molar-refractivity contribution in [3.63, 3.8) is 0 Å². The number of esters is 1. The zero-order valence-corrected chi connectivity index (χ0v) is 21.1. The summed E-state index contributed by atoms with van der Waals surface area (Å²) in [4.78, 5) is 26.5. The summed E-state index contributed by atoms with van der Waals surface area (Å²) in [5.41, 5.74) is 7.68. The first kappa shape index (κ1) is 23.3. The second-order valence-electron chi connectivity index (χ2n) is 10.3. The van der Waals surface area contributed by atoms with Gasteiger partial charge in [-0.15, -0.1) is 0 Å². The van der Waals surface area contributed by atoms with E-state index in [1.165, 1.54) is 0 Å². The lowest BCUT2D eigenvalue weighted by Gasteiger charge is -2.37. The van der Waals surface area contributed by atoms with Crippen molar-refractivity contribution in [3.8, 4) is 11.1 Å². The van der Waals surface area contributed by atoms with Gasteiger partial charge in [-0.1, -0.05) is 51.1 Å². The van der Waals surface area contributed by atoms with E-state index in [2.05, 4.69) is 30.7 Å². The highest BCUT2D eigenvalue weighted by Gasteiger charge is 2.35. The topological polar surface area (TPSA) is 67.3 Å². The van der Waals surface area contributed by atoms with E-state index in [1.54, 1.807) is 6.20 Å². The zero-order chi connectivity index (χ0) is 24.7. The van der Waals surface area contributed by atoms with E-state index in [4.69, 9.17) is 9.73 Å². The van der Waals surface area contributed by atoms with Gasteiger partial charge in [0.25, 0.3) is 0 Å². The Morgan fingerprint density at radius 1 is 1.03 bits per heavy atom. The van der Waals surface area contributed by atoms with Gasteiger partial charge in [0.05, 0.1) is 17.0 Å². The number of aryl methyl sites for hydroxylation is 1. The van der Waals surface area contributed by atoms with E-state index in [1.807, 2.05) is 62.4 Å². The summed E-state index contributed by atoms with van der Waals surface area (Å²) in [5.74, 6) is 1.09. The van der Waals surface area contributed by atoms with Crippen molar-refractivity contribution in [2.75, 3.05) is 0 Å². The van der Waals surface area contributed by atoms with Crippen molar-refractivity contribution in [2.45, 2.75) is 53.6 Å². The molecule has 0 radical (unpaired) electrons. The minimum absolute atomic E-state index is 0.0726. The molecule has 1 saturated carbocycles. The SMILES string of the molecule is CC1=NC(=Cc2[nH]c(C)c(C(=O)OC3C(C)CC(C)CC3C)c2-c2ccccc2)c2ncccc21. The number of H-pyrrole nitrogens is 1. The van der Waals surface area contributed by atoms with Gasteiger partial charge in [0, 0.05) is 34.4 Å². The van der Waals surface area contributed by atoms with E-state index >= 15 is 0 Å². The average Bonchev–Trinajstić information content (AvgIpc) is 3.33. The number of ether oxygens (including phenoxy) is 1. The predicted molar refractivity (Wildman–Crippen MR) is 141 cm³/mol. The molecule has 1 aliphatic heterocycles. The first-order valence-electron chi connectivity index (χ1n) is 12.5. The third-order valence-corrected chi connectivity index (χ3v) is 7.41. The molecule has 1 aromatic carbocycles. The fraction of sp³-hybridized carbons (Fsp3) is 0.367. The molecule has 5 rings (SSSR count). The monoisotopic (exact) mass is 467 g/mol. The molecule has 180 valence electrons. The molecule has 0 saturated heterocycles. The number of nitrogens with zero attached hydrogens (tertiary/aromatic N) is 2. The van der Waals surface area contributed by atoms with Gasteiger partial charge in [-0.2, -0.15) is 0 Å². The van der Waals surface area contributed by atoms with Crippen LogP contribution >= 0.6 is 0 Å². The van der Waals surface area contributed by atoms with Crippen LogP contribution in [0, 0.1) is 24.7 Å². The summed E-state index contributed by atoms with van der Waals surface area (Å²) in [5, 5.41) is 0. The lowest BCUT2D eigenvalue weighted by atomic mass is 9.75. The molecule has 1 N–H and O–H groups in total. The number of aliphatic imine (C=N–C) groups is 1. The molecule has 3 heterocycles. The smallest absolute Gasteiger partial charge is 0.340 e. The molecule has 35 heavy (non-hydrogen) atoms.